The quantitative estimate of drug-likeness (QED) is 0.510. The van der Waals surface area contributed by atoms with Crippen LogP contribution in [0.25, 0.3) is 0 Å². The number of aromatic nitrogens is 1. The summed E-state index contributed by atoms with van der Waals surface area (Å²) in [6, 6.07) is 12.5. The van der Waals surface area contributed by atoms with Crippen LogP contribution in [0.3, 0.4) is 0 Å². The minimum absolute atomic E-state index is 0.339. The van der Waals surface area contributed by atoms with Gasteiger partial charge in [-0.2, -0.15) is 5.10 Å². The maximum atomic E-state index is 11.9. The van der Waals surface area contributed by atoms with Crippen LogP contribution in [0, 0.1) is 6.92 Å². The molecule has 0 unspecified atom stereocenters. The maximum Gasteiger partial charge on any atom is 0.272 e. The fourth-order valence-electron chi connectivity index (χ4n) is 1.61. The number of hydrazone groups is 1. The monoisotopic (exact) mass is 282 g/mol. The van der Waals surface area contributed by atoms with Gasteiger partial charge in [0.15, 0.2) is 0 Å². The van der Waals surface area contributed by atoms with Crippen molar-refractivity contribution in [1.29, 1.82) is 0 Å². The van der Waals surface area contributed by atoms with Crippen molar-refractivity contribution in [1.82, 2.24) is 10.4 Å². The lowest BCUT2D eigenvalue weighted by Crippen LogP contribution is -2.20. The van der Waals surface area contributed by atoms with Crippen molar-refractivity contribution in [2.75, 3.05) is 0 Å². The Hall–Kier alpha value is -3.02. The molecule has 1 amide bonds. The molecule has 0 saturated heterocycles. The molecular formula is C15H14N4O2. The fraction of sp³-hybridized carbons (Fsp3) is 0.0667. The van der Waals surface area contributed by atoms with E-state index in [4.69, 9.17) is 5.21 Å². The van der Waals surface area contributed by atoms with E-state index in [9.17, 15) is 4.79 Å². The first-order valence-electron chi connectivity index (χ1n) is 6.24. The van der Waals surface area contributed by atoms with Crippen molar-refractivity contribution in [3.8, 4) is 0 Å². The molecular weight excluding hydrogens is 268 g/mol. The molecule has 1 aromatic carbocycles. The third-order valence-corrected chi connectivity index (χ3v) is 2.70. The third-order valence-electron chi connectivity index (χ3n) is 2.70. The Balaban J connectivity index is 2.16. The normalized spacial score (nSPS) is 11.6. The second kappa shape index (κ2) is 6.95. The molecule has 0 aliphatic heterocycles. The second-order valence-corrected chi connectivity index (χ2v) is 4.24. The van der Waals surface area contributed by atoms with Crippen LogP contribution in [0.5, 0.6) is 0 Å². The van der Waals surface area contributed by atoms with E-state index in [2.05, 4.69) is 20.7 Å². The van der Waals surface area contributed by atoms with Gasteiger partial charge in [0.05, 0.1) is 11.8 Å². The van der Waals surface area contributed by atoms with Crippen molar-refractivity contribution >= 4 is 17.8 Å². The molecule has 2 aromatic rings. The number of benzene rings is 1. The summed E-state index contributed by atoms with van der Waals surface area (Å²) in [6.45, 7) is 1.84. The topological polar surface area (TPSA) is 86.9 Å². The molecule has 21 heavy (non-hydrogen) atoms. The summed E-state index contributed by atoms with van der Waals surface area (Å²) in [4.78, 5) is 16.0. The summed E-state index contributed by atoms with van der Waals surface area (Å²) in [7, 11) is 0. The van der Waals surface area contributed by atoms with Crippen LogP contribution in [0.15, 0.2) is 58.9 Å². The van der Waals surface area contributed by atoms with Gasteiger partial charge in [0, 0.05) is 17.5 Å². The molecule has 1 aromatic heterocycles. The van der Waals surface area contributed by atoms with E-state index in [1.54, 1.807) is 24.3 Å². The van der Waals surface area contributed by atoms with Crippen LogP contribution in [0.2, 0.25) is 0 Å². The number of rotatable bonds is 4. The van der Waals surface area contributed by atoms with Gasteiger partial charge in [0.2, 0.25) is 0 Å². The molecule has 106 valence electrons. The zero-order valence-corrected chi connectivity index (χ0v) is 11.4. The van der Waals surface area contributed by atoms with E-state index in [0.29, 0.717) is 11.3 Å². The molecule has 0 radical (unpaired) electrons. The van der Waals surface area contributed by atoms with Crippen LogP contribution in [0.1, 0.15) is 21.6 Å². The molecule has 0 aliphatic carbocycles. The van der Waals surface area contributed by atoms with Gasteiger partial charge in [-0.05, 0) is 19.1 Å². The highest BCUT2D eigenvalue weighted by atomic mass is 16.4. The Morgan fingerprint density at radius 2 is 1.95 bits per heavy atom. The summed E-state index contributed by atoms with van der Waals surface area (Å²) < 4.78 is 0. The molecule has 0 atom stereocenters. The highest BCUT2D eigenvalue weighted by molar-refractivity contribution is 6.38. The number of oxime groups is 1. The van der Waals surface area contributed by atoms with Crippen LogP contribution in [0.4, 0.5) is 0 Å². The molecule has 0 spiro atoms. The van der Waals surface area contributed by atoms with Crippen molar-refractivity contribution in [2.45, 2.75) is 6.92 Å². The van der Waals surface area contributed by atoms with E-state index in [1.807, 2.05) is 25.1 Å². The number of hydrogen-bond donors (Lipinski definition) is 2. The van der Waals surface area contributed by atoms with E-state index < -0.39 is 0 Å². The molecule has 0 aliphatic rings. The Kier molecular flexibility index (Phi) is 4.76. The molecule has 6 heteroatoms. The van der Waals surface area contributed by atoms with Gasteiger partial charge in [0.1, 0.15) is 5.71 Å². The molecule has 1 heterocycles. The number of hydrogen-bond acceptors (Lipinski definition) is 5. The number of pyridine rings is 1. The van der Waals surface area contributed by atoms with Gasteiger partial charge < -0.3 is 5.21 Å². The molecule has 0 saturated carbocycles. The van der Waals surface area contributed by atoms with Crippen molar-refractivity contribution in [3.05, 3.63) is 65.5 Å². The zero-order chi connectivity index (χ0) is 15.1. The average molecular weight is 282 g/mol. The largest absolute Gasteiger partial charge is 0.411 e. The summed E-state index contributed by atoms with van der Waals surface area (Å²) in [5.74, 6) is -0.387. The molecule has 0 bridgehead atoms. The SMILES string of the molecule is Cc1ccc(C(=O)NN=C(C=NO)c2ccccc2)cn1. The first kappa shape index (κ1) is 14.4. The van der Waals surface area contributed by atoms with Gasteiger partial charge in [-0.25, -0.2) is 5.43 Å². The van der Waals surface area contributed by atoms with Gasteiger partial charge >= 0.3 is 0 Å². The minimum atomic E-state index is -0.387. The second-order valence-electron chi connectivity index (χ2n) is 4.24. The molecule has 6 nitrogen and oxygen atoms in total. The third kappa shape index (κ3) is 3.97. The smallest absolute Gasteiger partial charge is 0.272 e. The average Bonchev–Trinajstić information content (AvgIpc) is 2.52. The maximum absolute atomic E-state index is 11.9. The summed E-state index contributed by atoms with van der Waals surface area (Å²) in [5, 5.41) is 15.6. The lowest BCUT2D eigenvalue weighted by atomic mass is 10.1. The van der Waals surface area contributed by atoms with Crippen LogP contribution >= 0.6 is 0 Å². The van der Waals surface area contributed by atoms with Crippen LogP contribution < -0.4 is 5.43 Å². The minimum Gasteiger partial charge on any atom is -0.411 e. The van der Waals surface area contributed by atoms with Crippen LogP contribution in [-0.2, 0) is 0 Å². The first-order valence-corrected chi connectivity index (χ1v) is 6.24. The highest BCUT2D eigenvalue weighted by Crippen LogP contribution is 2.01. The van der Waals surface area contributed by atoms with Gasteiger partial charge in [-0.3, -0.25) is 9.78 Å². The van der Waals surface area contributed by atoms with E-state index in [0.717, 1.165) is 17.5 Å². The first-order chi connectivity index (χ1) is 10.2. The Morgan fingerprint density at radius 3 is 2.57 bits per heavy atom. The summed E-state index contributed by atoms with van der Waals surface area (Å²) in [5.41, 5.74) is 4.69. The zero-order valence-electron chi connectivity index (χ0n) is 11.4. The van der Waals surface area contributed by atoms with Crippen molar-refractivity contribution in [2.24, 2.45) is 10.3 Å². The number of amides is 1. The van der Waals surface area contributed by atoms with Gasteiger partial charge in [-0.1, -0.05) is 35.5 Å². The van der Waals surface area contributed by atoms with Crippen LogP contribution in [-0.4, -0.2) is 28.0 Å². The fourth-order valence-corrected chi connectivity index (χ4v) is 1.61. The highest BCUT2D eigenvalue weighted by Gasteiger charge is 2.06. The standard InChI is InChI=1S/C15H14N4O2/c1-11-7-8-13(9-16-11)15(20)19-18-14(10-17-21)12-5-3-2-4-6-12/h2-10,21H,1H3,(H,19,20). The van der Waals surface area contributed by atoms with Gasteiger partial charge in [-0.15, -0.1) is 0 Å². The van der Waals surface area contributed by atoms with E-state index in [-0.39, 0.29) is 5.91 Å². The van der Waals surface area contributed by atoms with E-state index in [1.165, 1.54) is 6.20 Å². The number of nitrogens with zero attached hydrogens (tertiary/aromatic N) is 3. The summed E-state index contributed by atoms with van der Waals surface area (Å²) >= 11 is 0. The Morgan fingerprint density at radius 1 is 1.19 bits per heavy atom. The number of nitrogens with one attached hydrogen (secondary N) is 1. The Bertz CT molecular complexity index is 664. The molecule has 2 rings (SSSR count). The number of carbonyl (C=O) groups is 1. The number of carbonyl (C=O) groups excluding carboxylic acids is 1. The number of aryl methyl sites for hydroxylation is 1. The molecule has 2 N–H and O–H groups in total. The van der Waals surface area contributed by atoms with Crippen molar-refractivity contribution in [3.63, 3.8) is 0 Å². The predicted octanol–water partition coefficient (Wildman–Crippen LogP) is 1.98. The lowest BCUT2D eigenvalue weighted by Gasteiger charge is -2.03. The predicted molar refractivity (Wildman–Crippen MR) is 79.7 cm³/mol. The van der Waals surface area contributed by atoms with Gasteiger partial charge in [0.25, 0.3) is 5.91 Å². The van der Waals surface area contributed by atoms with Crippen molar-refractivity contribution < 1.29 is 10.0 Å². The Labute approximate surface area is 121 Å². The lowest BCUT2D eigenvalue weighted by molar-refractivity contribution is 0.0954. The summed E-state index contributed by atoms with van der Waals surface area (Å²) in [6.07, 6.45) is 2.63. The molecule has 0 fully saturated rings. The van der Waals surface area contributed by atoms with E-state index >= 15 is 0 Å².